The number of nitrogens with one attached hydrogen (secondary N) is 1. The van der Waals surface area contributed by atoms with Crippen molar-refractivity contribution in [2.75, 3.05) is 25.2 Å². The molecule has 2 amide bonds. The second kappa shape index (κ2) is 10.6. The number of hydrogen-bond acceptors (Lipinski definition) is 4. The highest BCUT2D eigenvalue weighted by Crippen LogP contribution is 2.25. The van der Waals surface area contributed by atoms with Gasteiger partial charge in [0.15, 0.2) is 0 Å². The van der Waals surface area contributed by atoms with Crippen molar-refractivity contribution in [3.63, 3.8) is 0 Å². The molecule has 3 aromatic rings. The van der Waals surface area contributed by atoms with Gasteiger partial charge in [-0.15, -0.1) is 11.8 Å². The van der Waals surface area contributed by atoms with Crippen LogP contribution in [0.1, 0.15) is 15.9 Å². The number of ether oxygens (including phenoxy) is 1. The second-order valence-corrected chi connectivity index (χ2v) is 7.83. The molecule has 1 N–H and O–H groups in total. The Hall–Kier alpha value is -3.32. The van der Waals surface area contributed by atoms with Crippen molar-refractivity contribution < 1.29 is 18.7 Å². The van der Waals surface area contributed by atoms with E-state index in [1.165, 1.54) is 22.7 Å². The van der Waals surface area contributed by atoms with Crippen molar-refractivity contribution in [3.05, 3.63) is 89.7 Å². The van der Waals surface area contributed by atoms with Crippen molar-refractivity contribution in [1.82, 2.24) is 4.90 Å². The van der Waals surface area contributed by atoms with Gasteiger partial charge in [-0.2, -0.15) is 0 Å². The van der Waals surface area contributed by atoms with Crippen molar-refractivity contribution >= 4 is 29.3 Å². The van der Waals surface area contributed by atoms with E-state index >= 15 is 0 Å². The summed E-state index contributed by atoms with van der Waals surface area (Å²) >= 11 is 1.27. The lowest BCUT2D eigenvalue weighted by atomic mass is 10.1. The molecule has 0 spiro atoms. The number of nitrogens with zero attached hydrogens (tertiary/aromatic N) is 1. The smallest absolute Gasteiger partial charge is 0.255 e. The third-order valence-electron chi connectivity index (χ3n) is 4.54. The molecular weight excluding hydrogens is 415 g/mol. The molecule has 31 heavy (non-hydrogen) atoms. The summed E-state index contributed by atoms with van der Waals surface area (Å²) in [5, 5.41) is 2.82. The van der Waals surface area contributed by atoms with E-state index in [0.717, 1.165) is 0 Å². The van der Waals surface area contributed by atoms with Crippen LogP contribution in [0.4, 0.5) is 10.1 Å². The Morgan fingerprint density at radius 1 is 1.03 bits per heavy atom. The zero-order valence-corrected chi connectivity index (χ0v) is 18.1. The van der Waals surface area contributed by atoms with E-state index < -0.39 is 0 Å². The summed E-state index contributed by atoms with van der Waals surface area (Å²) < 4.78 is 19.1. The number of anilines is 1. The highest BCUT2D eigenvalue weighted by molar-refractivity contribution is 8.00. The van der Waals surface area contributed by atoms with Crippen molar-refractivity contribution in [3.8, 4) is 5.75 Å². The molecule has 160 valence electrons. The van der Waals surface area contributed by atoms with Gasteiger partial charge >= 0.3 is 0 Å². The lowest BCUT2D eigenvalue weighted by molar-refractivity contribution is -0.113. The van der Waals surface area contributed by atoms with Crippen molar-refractivity contribution in [2.24, 2.45) is 0 Å². The number of methoxy groups -OCH3 is 1. The summed E-state index contributed by atoms with van der Waals surface area (Å²) in [4.78, 5) is 27.5. The molecule has 0 aliphatic rings. The van der Waals surface area contributed by atoms with Crippen LogP contribution in [0.5, 0.6) is 5.75 Å². The van der Waals surface area contributed by atoms with Crippen LogP contribution in [-0.4, -0.2) is 36.6 Å². The Kier molecular flexibility index (Phi) is 7.67. The number of rotatable bonds is 8. The molecule has 0 saturated heterocycles. The predicted molar refractivity (Wildman–Crippen MR) is 121 cm³/mol. The van der Waals surface area contributed by atoms with E-state index in [1.54, 1.807) is 74.8 Å². The number of amides is 2. The van der Waals surface area contributed by atoms with Crippen LogP contribution < -0.4 is 10.1 Å². The molecule has 0 unspecified atom stereocenters. The number of hydrogen-bond donors (Lipinski definition) is 1. The minimum atomic E-state index is -0.348. The van der Waals surface area contributed by atoms with Crippen LogP contribution in [0.2, 0.25) is 0 Å². The summed E-state index contributed by atoms with van der Waals surface area (Å²) in [7, 11) is 3.19. The normalized spacial score (nSPS) is 10.4. The van der Waals surface area contributed by atoms with Crippen LogP contribution in [-0.2, 0) is 11.3 Å². The maximum absolute atomic E-state index is 13.9. The Labute approximate surface area is 185 Å². The molecule has 0 radical (unpaired) electrons. The maximum Gasteiger partial charge on any atom is 0.255 e. The van der Waals surface area contributed by atoms with Gasteiger partial charge in [0.05, 0.1) is 18.4 Å². The first-order valence-electron chi connectivity index (χ1n) is 9.62. The Morgan fingerprint density at radius 3 is 2.55 bits per heavy atom. The molecule has 3 aromatic carbocycles. The van der Waals surface area contributed by atoms with Gasteiger partial charge in [-0.25, -0.2) is 4.39 Å². The van der Waals surface area contributed by atoms with Crippen LogP contribution in [0, 0.1) is 5.82 Å². The van der Waals surface area contributed by atoms with E-state index in [4.69, 9.17) is 4.74 Å². The molecule has 0 fully saturated rings. The van der Waals surface area contributed by atoms with E-state index in [0.29, 0.717) is 27.5 Å². The Bertz CT molecular complexity index is 1070. The lowest BCUT2D eigenvalue weighted by Crippen LogP contribution is -2.27. The van der Waals surface area contributed by atoms with E-state index in [1.807, 2.05) is 6.07 Å². The molecule has 0 heterocycles. The topological polar surface area (TPSA) is 58.6 Å². The fourth-order valence-electron chi connectivity index (χ4n) is 2.97. The fraction of sp³-hybridized carbons (Fsp3) is 0.167. The van der Waals surface area contributed by atoms with Gasteiger partial charge < -0.3 is 15.0 Å². The molecule has 0 aliphatic heterocycles. The van der Waals surface area contributed by atoms with Gasteiger partial charge in [-0.05, 0) is 30.3 Å². The summed E-state index contributed by atoms with van der Waals surface area (Å²) in [6, 6.07) is 20.6. The van der Waals surface area contributed by atoms with Crippen LogP contribution >= 0.6 is 11.8 Å². The number of thioether (sulfide) groups is 1. The van der Waals surface area contributed by atoms with E-state index in [9.17, 15) is 14.0 Å². The van der Waals surface area contributed by atoms with Gasteiger partial charge in [-0.3, -0.25) is 9.59 Å². The van der Waals surface area contributed by atoms with Gasteiger partial charge in [0.1, 0.15) is 11.6 Å². The largest absolute Gasteiger partial charge is 0.497 e. The lowest BCUT2D eigenvalue weighted by Gasteiger charge is -2.19. The molecule has 7 heteroatoms. The van der Waals surface area contributed by atoms with Crippen molar-refractivity contribution in [1.29, 1.82) is 0 Å². The summed E-state index contributed by atoms with van der Waals surface area (Å²) in [5.74, 6) is 0.0107. The van der Waals surface area contributed by atoms with E-state index in [2.05, 4.69) is 5.32 Å². The molecule has 0 aliphatic carbocycles. The molecule has 0 bridgehead atoms. The van der Waals surface area contributed by atoms with Crippen LogP contribution in [0.25, 0.3) is 0 Å². The first kappa shape index (κ1) is 22.4. The molecule has 0 aromatic heterocycles. The number of benzene rings is 3. The van der Waals surface area contributed by atoms with Gasteiger partial charge in [-0.1, -0.05) is 36.4 Å². The Morgan fingerprint density at radius 2 is 1.77 bits per heavy atom. The second-order valence-electron chi connectivity index (χ2n) is 6.82. The van der Waals surface area contributed by atoms with Crippen molar-refractivity contribution in [2.45, 2.75) is 11.4 Å². The summed E-state index contributed by atoms with van der Waals surface area (Å²) in [5.41, 5.74) is 1.56. The maximum atomic E-state index is 13.9. The molecule has 0 atom stereocenters. The standard InChI is InChI=1S/C24H23FN2O3S/c1-27(15-17-8-3-5-12-21(17)25)24(29)20-11-4-6-13-22(20)31-16-23(28)26-18-9-7-10-19(14-18)30-2/h3-14H,15-16H2,1-2H3,(H,26,28). The Balaban J connectivity index is 1.64. The zero-order chi connectivity index (χ0) is 22.2. The first-order valence-corrected chi connectivity index (χ1v) is 10.6. The summed E-state index contributed by atoms with van der Waals surface area (Å²) in [6.45, 7) is 0.154. The third kappa shape index (κ3) is 6.08. The average Bonchev–Trinajstić information content (AvgIpc) is 2.79. The zero-order valence-electron chi connectivity index (χ0n) is 17.3. The highest BCUT2D eigenvalue weighted by atomic mass is 32.2. The molecular formula is C24H23FN2O3S. The molecule has 3 rings (SSSR count). The quantitative estimate of drug-likeness (QED) is 0.512. The third-order valence-corrected chi connectivity index (χ3v) is 5.62. The average molecular weight is 439 g/mol. The number of carbonyl (C=O) groups excluding carboxylic acids is 2. The fourth-order valence-corrected chi connectivity index (χ4v) is 3.81. The minimum absolute atomic E-state index is 0.137. The monoisotopic (exact) mass is 438 g/mol. The predicted octanol–water partition coefficient (Wildman–Crippen LogP) is 4.84. The van der Waals surface area contributed by atoms with Crippen LogP contribution in [0.15, 0.2) is 77.7 Å². The number of carbonyl (C=O) groups is 2. The van der Waals surface area contributed by atoms with Gasteiger partial charge in [0.2, 0.25) is 5.91 Å². The first-order chi connectivity index (χ1) is 15.0. The van der Waals surface area contributed by atoms with E-state index in [-0.39, 0.29) is 29.9 Å². The summed E-state index contributed by atoms with van der Waals surface area (Å²) in [6.07, 6.45) is 0. The number of halogens is 1. The van der Waals surface area contributed by atoms with Crippen LogP contribution in [0.3, 0.4) is 0 Å². The van der Waals surface area contributed by atoms with Gasteiger partial charge in [0, 0.05) is 35.8 Å². The molecule has 0 saturated carbocycles. The minimum Gasteiger partial charge on any atom is -0.497 e. The van der Waals surface area contributed by atoms with Gasteiger partial charge in [0.25, 0.3) is 5.91 Å². The SMILES string of the molecule is COc1cccc(NC(=O)CSc2ccccc2C(=O)N(C)Cc2ccccc2F)c1. The molecule has 5 nitrogen and oxygen atoms in total. The highest BCUT2D eigenvalue weighted by Gasteiger charge is 2.18.